The number of rotatable bonds is 26. The van der Waals surface area contributed by atoms with Crippen LogP contribution in [0.25, 0.3) is 0 Å². The minimum atomic E-state index is -0.712. The van der Waals surface area contributed by atoms with Crippen molar-refractivity contribution in [2.75, 3.05) is 0 Å². The maximum absolute atomic E-state index is 12.1. The van der Waals surface area contributed by atoms with Crippen LogP contribution in [0.5, 0.6) is 0 Å². The summed E-state index contributed by atoms with van der Waals surface area (Å²) in [5.41, 5.74) is 0. The first-order valence-corrected chi connectivity index (χ1v) is 14.6. The van der Waals surface area contributed by atoms with Gasteiger partial charge < -0.3 is 5.11 Å². The van der Waals surface area contributed by atoms with Gasteiger partial charge in [-0.1, -0.05) is 135 Å². The molecule has 190 valence electrons. The number of allylic oxidation sites excluding steroid dienone is 2. The molecule has 0 rings (SSSR count). The maximum atomic E-state index is 12.1. The van der Waals surface area contributed by atoms with Crippen molar-refractivity contribution in [2.24, 2.45) is 0 Å². The van der Waals surface area contributed by atoms with E-state index < -0.39 is 6.10 Å². The summed E-state index contributed by atoms with van der Waals surface area (Å²) in [6, 6.07) is 0. The fourth-order valence-electron chi connectivity index (χ4n) is 4.35. The Bertz CT molecular complexity index is 402. The molecule has 0 aliphatic heterocycles. The Morgan fingerprint density at radius 3 is 1.41 bits per heavy atom. The lowest BCUT2D eigenvalue weighted by molar-refractivity contribution is -0.127. The van der Waals surface area contributed by atoms with Crippen molar-refractivity contribution < 1.29 is 9.90 Å². The second-order valence-corrected chi connectivity index (χ2v) is 9.93. The highest BCUT2D eigenvalue weighted by molar-refractivity contribution is 5.82. The molecular weight excluding hydrogens is 392 g/mol. The Labute approximate surface area is 202 Å². The monoisotopic (exact) mass is 450 g/mol. The summed E-state index contributed by atoms with van der Waals surface area (Å²) in [5, 5.41) is 10.1. The van der Waals surface area contributed by atoms with Crippen molar-refractivity contribution in [2.45, 2.75) is 174 Å². The van der Waals surface area contributed by atoms with Crippen molar-refractivity contribution >= 4 is 5.78 Å². The highest BCUT2D eigenvalue weighted by atomic mass is 16.3. The molecule has 0 saturated carbocycles. The zero-order chi connectivity index (χ0) is 23.5. The fourth-order valence-corrected chi connectivity index (χ4v) is 4.35. The van der Waals surface area contributed by atoms with E-state index in [0.717, 1.165) is 25.7 Å². The molecule has 1 N–H and O–H groups in total. The third-order valence-corrected chi connectivity index (χ3v) is 6.64. The lowest BCUT2D eigenvalue weighted by Gasteiger charge is -2.09. The molecule has 1 atom stereocenters. The molecule has 2 heteroatoms. The summed E-state index contributed by atoms with van der Waals surface area (Å²) in [6.45, 7) is 4.52. The SMILES string of the molecule is CCCCCCCCC=CCCCCCCCC(=O)C(O)CCCCCCCCCCC. The molecule has 0 spiro atoms. The Hall–Kier alpha value is -0.630. The van der Waals surface area contributed by atoms with Gasteiger partial charge in [0.05, 0.1) is 0 Å². The van der Waals surface area contributed by atoms with Gasteiger partial charge in [0.2, 0.25) is 0 Å². The number of hydrogen-bond acceptors (Lipinski definition) is 2. The summed E-state index contributed by atoms with van der Waals surface area (Å²) in [5.74, 6) is 0.0715. The Balaban J connectivity index is 3.34. The number of ketones is 1. The van der Waals surface area contributed by atoms with E-state index in [9.17, 15) is 9.90 Å². The number of aliphatic hydroxyl groups is 1. The van der Waals surface area contributed by atoms with E-state index in [2.05, 4.69) is 26.0 Å². The molecule has 0 aliphatic carbocycles. The van der Waals surface area contributed by atoms with Gasteiger partial charge in [-0.15, -0.1) is 0 Å². The largest absolute Gasteiger partial charge is 0.385 e. The van der Waals surface area contributed by atoms with Gasteiger partial charge in [-0.25, -0.2) is 0 Å². The first-order valence-electron chi connectivity index (χ1n) is 14.6. The van der Waals surface area contributed by atoms with Gasteiger partial charge in [0.25, 0.3) is 0 Å². The topological polar surface area (TPSA) is 37.3 Å². The molecule has 1 unspecified atom stereocenters. The molecule has 32 heavy (non-hydrogen) atoms. The van der Waals surface area contributed by atoms with E-state index in [1.807, 2.05) is 0 Å². The number of aliphatic hydroxyl groups excluding tert-OH is 1. The van der Waals surface area contributed by atoms with Crippen LogP contribution in [0.4, 0.5) is 0 Å². The smallest absolute Gasteiger partial charge is 0.161 e. The van der Waals surface area contributed by atoms with E-state index >= 15 is 0 Å². The zero-order valence-electron chi connectivity index (χ0n) is 22.1. The van der Waals surface area contributed by atoms with E-state index in [1.165, 1.54) is 116 Å². The number of Topliss-reactive ketones (excluding diaryl/α,β-unsaturated/α-hetero) is 1. The Kier molecular flexibility index (Phi) is 26.1. The van der Waals surface area contributed by atoms with Crippen molar-refractivity contribution in [3.8, 4) is 0 Å². The van der Waals surface area contributed by atoms with Crippen molar-refractivity contribution in [3.63, 3.8) is 0 Å². The van der Waals surface area contributed by atoms with Crippen LogP contribution in [0.1, 0.15) is 168 Å². The van der Waals surface area contributed by atoms with Crippen LogP contribution in [0.15, 0.2) is 12.2 Å². The lowest BCUT2D eigenvalue weighted by Crippen LogP contribution is -2.19. The van der Waals surface area contributed by atoms with Crippen LogP contribution >= 0.6 is 0 Å². The van der Waals surface area contributed by atoms with E-state index in [0.29, 0.717) is 12.8 Å². The van der Waals surface area contributed by atoms with Gasteiger partial charge >= 0.3 is 0 Å². The maximum Gasteiger partial charge on any atom is 0.161 e. The minimum Gasteiger partial charge on any atom is -0.385 e. The molecule has 0 aromatic rings. The van der Waals surface area contributed by atoms with Crippen molar-refractivity contribution in [1.29, 1.82) is 0 Å². The number of unbranched alkanes of at least 4 members (excludes halogenated alkanes) is 19. The first kappa shape index (κ1) is 31.4. The standard InChI is InChI=1S/C30H58O2/c1-3-5-7-9-11-13-14-15-16-17-18-20-22-24-26-28-30(32)29(31)27-25-23-21-19-12-10-8-6-4-2/h15-16,29,31H,3-14,17-28H2,1-2H3. The van der Waals surface area contributed by atoms with Crippen LogP contribution in [0, 0.1) is 0 Å². The summed E-state index contributed by atoms with van der Waals surface area (Å²) < 4.78 is 0. The van der Waals surface area contributed by atoms with Gasteiger partial charge in [-0.3, -0.25) is 4.79 Å². The second-order valence-electron chi connectivity index (χ2n) is 9.93. The van der Waals surface area contributed by atoms with Crippen LogP contribution in [0.2, 0.25) is 0 Å². The molecule has 0 aliphatic rings. The molecule has 2 nitrogen and oxygen atoms in total. The van der Waals surface area contributed by atoms with Crippen molar-refractivity contribution in [1.82, 2.24) is 0 Å². The predicted octanol–water partition coefficient (Wildman–Crippen LogP) is 9.87. The second kappa shape index (κ2) is 26.6. The quantitative estimate of drug-likeness (QED) is 0.105. The number of carbonyl (C=O) groups is 1. The highest BCUT2D eigenvalue weighted by Crippen LogP contribution is 2.14. The number of carbonyl (C=O) groups excluding carboxylic acids is 1. The minimum absolute atomic E-state index is 0.0715. The normalized spacial score (nSPS) is 12.6. The van der Waals surface area contributed by atoms with Crippen LogP contribution in [-0.4, -0.2) is 17.0 Å². The third-order valence-electron chi connectivity index (χ3n) is 6.64. The molecule has 0 aromatic heterocycles. The molecular formula is C30H58O2. The Morgan fingerprint density at radius 2 is 0.938 bits per heavy atom. The molecule has 0 bridgehead atoms. The zero-order valence-corrected chi connectivity index (χ0v) is 22.1. The molecule has 0 fully saturated rings. The average Bonchev–Trinajstić information content (AvgIpc) is 2.80. The van der Waals surface area contributed by atoms with Gasteiger partial charge in [-0.2, -0.15) is 0 Å². The summed E-state index contributed by atoms with van der Waals surface area (Å²) >= 11 is 0. The van der Waals surface area contributed by atoms with Gasteiger partial charge in [0, 0.05) is 6.42 Å². The van der Waals surface area contributed by atoms with Crippen LogP contribution in [0.3, 0.4) is 0 Å². The Morgan fingerprint density at radius 1 is 0.562 bits per heavy atom. The van der Waals surface area contributed by atoms with E-state index in [1.54, 1.807) is 0 Å². The van der Waals surface area contributed by atoms with Gasteiger partial charge in [0.15, 0.2) is 5.78 Å². The van der Waals surface area contributed by atoms with Gasteiger partial charge in [-0.05, 0) is 38.5 Å². The van der Waals surface area contributed by atoms with E-state index in [-0.39, 0.29) is 5.78 Å². The molecule has 0 radical (unpaired) electrons. The molecule has 0 aromatic carbocycles. The first-order chi connectivity index (χ1) is 15.7. The predicted molar refractivity (Wildman–Crippen MR) is 142 cm³/mol. The molecule has 0 amide bonds. The summed E-state index contributed by atoms with van der Waals surface area (Å²) in [6.07, 6.45) is 33.2. The third kappa shape index (κ3) is 24.0. The van der Waals surface area contributed by atoms with Crippen LogP contribution < -0.4 is 0 Å². The summed E-state index contributed by atoms with van der Waals surface area (Å²) in [4.78, 5) is 12.1. The van der Waals surface area contributed by atoms with Crippen LogP contribution in [-0.2, 0) is 4.79 Å². The molecule has 0 saturated heterocycles. The average molecular weight is 451 g/mol. The van der Waals surface area contributed by atoms with Crippen molar-refractivity contribution in [3.05, 3.63) is 12.2 Å². The fraction of sp³-hybridized carbons (Fsp3) is 0.900. The number of hydrogen-bond donors (Lipinski definition) is 1. The summed E-state index contributed by atoms with van der Waals surface area (Å²) in [7, 11) is 0. The highest BCUT2D eigenvalue weighted by Gasteiger charge is 2.13. The van der Waals surface area contributed by atoms with E-state index in [4.69, 9.17) is 0 Å². The van der Waals surface area contributed by atoms with Gasteiger partial charge in [0.1, 0.15) is 6.10 Å². The lowest BCUT2D eigenvalue weighted by atomic mass is 10.0. The molecule has 0 heterocycles.